The first kappa shape index (κ1) is 15.2. The number of hydrogen-bond donors (Lipinski definition) is 1. The van der Waals surface area contributed by atoms with Crippen LogP contribution in [-0.4, -0.2) is 49.8 Å². The lowest BCUT2D eigenvalue weighted by Crippen LogP contribution is -2.51. The third kappa shape index (κ3) is 3.48. The molecule has 2 aliphatic rings. The molecule has 2 fully saturated rings. The van der Waals surface area contributed by atoms with Gasteiger partial charge in [-0.25, -0.2) is 0 Å². The van der Waals surface area contributed by atoms with E-state index < -0.39 is 10.2 Å². The molecule has 2 atom stereocenters. The van der Waals surface area contributed by atoms with Crippen LogP contribution in [-0.2, 0) is 10.2 Å². The van der Waals surface area contributed by atoms with Crippen molar-refractivity contribution in [3.05, 3.63) is 0 Å². The number of nitrogens with two attached hydrogens (primary N) is 1. The molecule has 0 aromatic rings. The van der Waals surface area contributed by atoms with Gasteiger partial charge in [-0.3, -0.25) is 0 Å². The monoisotopic (exact) mass is 289 g/mol. The van der Waals surface area contributed by atoms with E-state index in [1.165, 1.54) is 0 Å². The molecule has 2 aliphatic heterocycles. The maximum atomic E-state index is 12.6. The molecule has 2 unspecified atom stereocenters. The summed E-state index contributed by atoms with van der Waals surface area (Å²) < 4.78 is 28.6. The molecule has 2 heterocycles. The van der Waals surface area contributed by atoms with Crippen molar-refractivity contribution in [2.75, 3.05) is 32.7 Å². The van der Waals surface area contributed by atoms with Crippen molar-refractivity contribution in [1.82, 2.24) is 8.61 Å². The highest BCUT2D eigenvalue weighted by Crippen LogP contribution is 2.27. The van der Waals surface area contributed by atoms with E-state index in [4.69, 9.17) is 5.73 Å². The van der Waals surface area contributed by atoms with Gasteiger partial charge in [0.05, 0.1) is 0 Å². The molecule has 19 heavy (non-hydrogen) atoms. The van der Waals surface area contributed by atoms with E-state index in [0.717, 1.165) is 19.3 Å². The molecule has 0 aliphatic carbocycles. The SMILES string of the molecule is CC1CC(C)CN(S(=O)(=O)N2CCC(CN)CC2)C1. The summed E-state index contributed by atoms with van der Waals surface area (Å²) in [7, 11) is -3.26. The Morgan fingerprint density at radius 1 is 1.05 bits per heavy atom. The van der Waals surface area contributed by atoms with E-state index in [0.29, 0.717) is 50.5 Å². The summed E-state index contributed by atoms with van der Waals surface area (Å²) in [4.78, 5) is 0. The van der Waals surface area contributed by atoms with Crippen molar-refractivity contribution in [2.24, 2.45) is 23.5 Å². The van der Waals surface area contributed by atoms with Crippen molar-refractivity contribution in [3.8, 4) is 0 Å². The third-order valence-corrected chi connectivity index (χ3v) is 6.36. The Morgan fingerprint density at radius 2 is 1.58 bits per heavy atom. The van der Waals surface area contributed by atoms with Gasteiger partial charge in [0.1, 0.15) is 0 Å². The molecule has 2 N–H and O–H groups in total. The zero-order valence-corrected chi connectivity index (χ0v) is 12.9. The molecule has 5 nitrogen and oxygen atoms in total. The fourth-order valence-electron chi connectivity index (χ4n) is 3.33. The third-order valence-electron chi connectivity index (χ3n) is 4.39. The van der Waals surface area contributed by atoms with Crippen LogP contribution in [0.4, 0.5) is 0 Å². The van der Waals surface area contributed by atoms with Crippen LogP contribution < -0.4 is 5.73 Å². The molecule has 0 radical (unpaired) electrons. The molecule has 0 spiro atoms. The molecule has 6 heteroatoms. The lowest BCUT2D eigenvalue weighted by atomic mass is 9.94. The quantitative estimate of drug-likeness (QED) is 0.838. The maximum Gasteiger partial charge on any atom is 0.281 e. The van der Waals surface area contributed by atoms with Crippen LogP contribution in [0.5, 0.6) is 0 Å². The second kappa shape index (κ2) is 6.08. The largest absolute Gasteiger partial charge is 0.330 e. The Hall–Kier alpha value is -0.170. The first-order chi connectivity index (χ1) is 8.93. The van der Waals surface area contributed by atoms with Gasteiger partial charge < -0.3 is 5.73 Å². The van der Waals surface area contributed by atoms with E-state index in [2.05, 4.69) is 13.8 Å². The smallest absolute Gasteiger partial charge is 0.281 e. The summed E-state index contributed by atoms with van der Waals surface area (Å²) in [5, 5.41) is 0. The highest BCUT2D eigenvalue weighted by molar-refractivity contribution is 7.86. The summed E-state index contributed by atoms with van der Waals surface area (Å²) in [6, 6.07) is 0. The molecule has 2 saturated heterocycles. The van der Waals surface area contributed by atoms with Crippen molar-refractivity contribution in [1.29, 1.82) is 0 Å². The van der Waals surface area contributed by atoms with Gasteiger partial charge in [0, 0.05) is 26.2 Å². The minimum absolute atomic E-state index is 0.458. The number of piperidine rings is 2. The highest BCUT2D eigenvalue weighted by Gasteiger charge is 2.36. The molecule has 0 aromatic carbocycles. The van der Waals surface area contributed by atoms with Gasteiger partial charge in [-0.2, -0.15) is 17.0 Å². The predicted molar refractivity (Wildman–Crippen MR) is 76.8 cm³/mol. The van der Waals surface area contributed by atoms with Gasteiger partial charge in [0.15, 0.2) is 0 Å². The average molecular weight is 289 g/mol. The molecular weight excluding hydrogens is 262 g/mol. The van der Waals surface area contributed by atoms with Crippen LogP contribution in [0.3, 0.4) is 0 Å². The summed E-state index contributed by atoms with van der Waals surface area (Å²) >= 11 is 0. The number of hydrogen-bond acceptors (Lipinski definition) is 3. The molecular formula is C13H27N3O2S. The van der Waals surface area contributed by atoms with Gasteiger partial charge in [-0.05, 0) is 43.6 Å². The van der Waals surface area contributed by atoms with Crippen molar-refractivity contribution in [3.63, 3.8) is 0 Å². The van der Waals surface area contributed by atoms with E-state index in [-0.39, 0.29) is 0 Å². The Balaban J connectivity index is 2.02. The van der Waals surface area contributed by atoms with Crippen LogP contribution in [0.1, 0.15) is 33.1 Å². The fraction of sp³-hybridized carbons (Fsp3) is 1.00. The molecule has 112 valence electrons. The Kier molecular flexibility index (Phi) is 4.87. The van der Waals surface area contributed by atoms with Crippen molar-refractivity contribution < 1.29 is 8.42 Å². The van der Waals surface area contributed by atoms with Gasteiger partial charge >= 0.3 is 0 Å². The molecule has 0 aromatic heterocycles. The highest BCUT2D eigenvalue weighted by atomic mass is 32.2. The maximum absolute atomic E-state index is 12.6. The molecule has 0 amide bonds. The van der Waals surface area contributed by atoms with E-state index >= 15 is 0 Å². The van der Waals surface area contributed by atoms with Crippen LogP contribution in [0.25, 0.3) is 0 Å². The van der Waals surface area contributed by atoms with E-state index in [1.54, 1.807) is 8.61 Å². The Labute approximate surface area is 117 Å². The minimum atomic E-state index is -3.26. The zero-order valence-electron chi connectivity index (χ0n) is 12.1. The molecule has 2 rings (SSSR count). The standard InChI is InChI=1S/C13H27N3O2S/c1-11-7-12(2)10-16(9-11)19(17,18)15-5-3-13(8-14)4-6-15/h11-13H,3-10,14H2,1-2H3. The Bertz CT molecular complexity index is 381. The Morgan fingerprint density at radius 3 is 2.05 bits per heavy atom. The number of nitrogens with zero attached hydrogens (tertiary/aromatic N) is 2. The lowest BCUT2D eigenvalue weighted by molar-refractivity contribution is 0.197. The van der Waals surface area contributed by atoms with Crippen molar-refractivity contribution >= 4 is 10.2 Å². The van der Waals surface area contributed by atoms with Crippen LogP contribution >= 0.6 is 0 Å². The second-order valence-corrected chi connectivity index (χ2v) is 8.28. The van der Waals surface area contributed by atoms with E-state index in [1.807, 2.05) is 0 Å². The summed E-state index contributed by atoms with van der Waals surface area (Å²) in [5.41, 5.74) is 5.66. The lowest BCUT2D eigenvalue weighted by Gasteiger charge is -2.39. The van der Waals surface area contributed by atoms with Gasteiger partial charge in [-0.15, -0.1) is 0 Å². The number of rotatable bonds is 3. The second-order valence-electron chi connectivity index (χ2n) is 6.35. The first-order valence-electron chi connectivity index (χ1n) is 7.38. The van der Waals surface area contributed by atoms with Gasteiger partial charge in [-0.1, -0.05) is 13.8 Å². The predicted octanol–water partition coefficient (Wildman–Crippen LogP) is 0.880. The van der Waals surface area contributed by atoms with Gasteiger partial charge in [0.2, 0.25) is 0 Å². The molecule has 0 saturated carbocycles. The van der Waals surface area contributed by atoms with Gasteiger partial charge in [0.25, 0.3) is 10.2 Å². The van der Waals surface area contributed by atoms with E-state index in [9.17, 15) is 8.42 Å². The fourth-order valence-corrected chi connectivity index (χ4v) is 5.22. The van der Waals surface area contributed by atoms with Crippen LogP contribution in [0, 0.1) is 17.8 Å². The zero-order chi connectivity index (χ0) is 14.0. The topological polar surface area (TPSA) is 66.6 Å². The summed E-state index contributed by atoms with van der Waals surface area (Å²) in [6.07, 6.45) is 2.92. The molecule has 0 bridgehead atoms. The van der Waals surface area contributed by atoms with Crippen molar-refractivity contribution in [2.45, 2.75) is 33.1 Å². The van der Waals surface area contributed by atoms with Crippen LogP contribution in [0.15, 0.2) is 0 Å². The normalized spacial score (nSPS) is 32.6. The summed E-state index contributed by atoms with van der Waals surface area (Å²) in [5.74, 6) is 1.41. The summed E-state index contributed by atoms with van der Waals surface area (Å²) in [6.45, 7) is 7.54. The average Bonchev–Trinajstić information content (AvgIpc) is 2.37. The minimum Gasteiger partial charge on any atom is -0.330 e. The first-order valence-corrected chi connectivity index (χ1v) is 8.78. The van der Waals surface area contributed by atoms with Crippen LogP contribution in [0.2, 0.25) is 0 Å².